The third-order valence-electron chi connectivity index (χ3n) is 4.04. The van der Waals surface area contributed by atoms with Gasteiger partial charge in [-0.3, -0.25) is 14.8 Å². The van der Waals surface area contributed by atoms with Crippen molar-refractivity contribution in [3.8, 4) is 0 Å². The topological polar surface area (TPSA) is 46.1 Å². The lowest BCUT2D eigenvalue weighted by Crippen LogP contribution is -2.31. The molecule has 0 saturated carbocycles. The highest BCUT2D eigenvalue weighted by Crippen LogP contribution is 2.32. The van der Waals surface area contributed by atoms with Crippen molar-refractivity contribution in [3.63, 3.8) is 0 Å². The number of hydrogen-bond donors (Lipinski definition) is 0. The van der Waals surface area contributed by atoms with Gasteiger partial charge in [-0.1, -0.05) is 6.07 Å². The third kappa shape index (κ3) is 2.66. The molecule has 0 N–H and O–H groups in total. The summed E-state index contributed by atoms with van der Waals surface area (Å²) >= 11 is 0. The summed E-state index contributed by atoms with van der Waals surface area (Å²) < 4.78 is 0. The molecule has 2 aromatic rings. The number of pyridine rings is 2. The lowest BCUT2D eigenvalue weighted by Gasteiger charge is -2.25. The summed E-state index contributed by atoms with van der Waals surface area (Å²) in [6.45, 7) is 4.64. The summed E-state index contributed by atoms with van der Waals surface area (Å²) in [5.41, 5.74) is 3.56. The molecule has 1 amide bonds. The van der Waals surface area contributed by atoms with Crippen LogP contribution in [-0.4, -0.2) is 27.3 Å². The molecule has 4 heteroatoms. The fourth-order valence-electron chi connectivity index (χ4n) is 3.00. The zero-order valence-electron chi connectivity index (χ0n) is 12.4. The van der Waals surface area contributed by atoms with E-state index in [0.29, 0.717) is 5.56 Å². The van der Waals surface area contributed by atoms with Gasteiger partial charge in [-0.25, -0.2) is 0 Å². The number of nitrogens with zero attached hydrogens (tertiary/aromatic N) is 3. The summed E-state index contributed by atoms with van der Waals surface area (Å²) in [5.74, 6) is 0.0753. The minimum atomic E-state index is 0.0753. The average Bonchev–Trinajstić information content (AvgIpc) is 2.97. The molecule has 108 valence electrons. The molecular formula is C17H19N3O. The van der Waals surface area contributed by atoms with Crippen LogP contribution in [0.15, 0.2) is 36.7 Å². The summed E-state index contributed by atoms with van der Waals surface area (Å²) in [6.07, 6.45) is 5.65. The lowest BCUT2D eigenvalue weighted by atomic mass is 10.1. The molecule has 2 aromatic heterocycles. The van der Waals surface area contributed by atoms with Crippen LogP contribution in [0.2, 0.25) is 0 Å². The molecule has 1 unspecified atom stereocenters. The second kappa shape index (κ2) is 5.64. The second-order valence-electron chi connectivity index (χ2n) is 5.53. The Morgan fingerprint density at radius 3 is 2.86 bits per heavy atom. The fraction of sp³-hybridized carbons (Fsp3) is 0.353. The first-order valence-electron chi connectivity index (χ1n) is 7.32. The van der Waals surface area contributed by atoms with Crippen LogP contribution in [0.1, 0.15) is 46.2 Å². The van der Waals surface area contributed by atoms with Crippen molar-refractivity contribution < 1.29 is 4.79 Å². The van der Waals surface area contributed by atoms with Crippen molar-refractivity contribution in [2.75, 3.05) is 6.54 Å². The number of aromatic nitrogens is 2. The molecule has 3 rings (SSSR count). The molecule has 1 saturated heterocycles. The number of hydrogen-bond acceptors (Lipinski definition) is 3. The minimum absolute atomic E-state index is 0.0753. The summed E-state index contributed by atoms with van der Waals surface area (Å²) in [7, 11) is 0. The first kappa shape index (κ1) is 13.7. The molecule has 1 aliphatic heterocycles. The Balaban J connectivity index is 1.90. The van der Waals surface area contributed by atoms with Crippen molar-refractivity contribution in [2.24, 2.45) is 0 Å². The van der Waals surface area contributed by atoms with E-state index in [1.165, 1.54) is 0 Å². The van der Waals surface area contributed by atoms with Gasteiger partial charge in [-0.05, 0) is 50.5 Å². The van der Waals surface area contributed by atoms with E-state index in [2.05, 4.69) is 9.97 Å². The number of rotatable bonds is 2. The van der Waals surface area contributed by atoms with Crippen molar-refractivity contribution in [1.82, 2.24) is 14.9 Å². The van der Waals surface area contributed by atoms with Crippen LogP contribution in [-0.2, 0) is 0 Å². The maximum absolute atomic E-state index is 12.8. The van der Waals surface area contributed by atoms with Crippen LogP contribution in [0.25, 0.3) is 0 Å². The van der Waals surface area contributed by atoms with Gasteiger partial charge in [0.1, 0.15) is 0 Å². The van der Waals surface area contributed by atoms with E-state index in [1.54, 1.807) is 6.20 Å². The number of aryl methyl sites for hydroxylation is 2. The monoisotopic (exact) mass is 281 g/mol. The summed E-state index contributed by atoms with van der Waals surface area (Å²) in [6, 6.07) is 7.89. The van der Waals surface area contributed by atoms with Crippen LogP contribution < -0.4 is 0 Å². The van der Waals surface area contributed by atoms with E-state index < -0.39 is 0 Å². The maximum atomic E-state index is 12.8. The van der Waals surface area contributed by atoms with E-state index in [-0.39, 0.29) is 11.9 Å². The number of carbonyl (C=O) groups excluding carboxylic acids is 1. The molecule has 3 heterocycles. The molecular weight excluding hydrogens is 262 g/mol. The van der Waals surface area contributed by atoms with Crippen LogP contribution in [0.3, 0.4) is 0 Å². The second-order valence-corrected chi connectivity index (χ2v) is 5.53. The molecule has 1 aliphatic rings. The van der Waals surface area contributed by atoms with E-state index in [1.807, 2.05) is 49.2 Å². The molecule has 1 atom stereocenters. The van der Waals surface area contributed by atoms with E-state index in [9.17, 15) is 4.79 Å². The molecule has 0 aromatic carbocycles. The number of likely N-dealkylation sites (tertiary alicyclic amines) is 1. The van der Waals surface area contributed by atoms with Crippen molar-refractivity contribution in [3.05, 3.63) is 59.2 Å². The maximum Gasteiger partial charge on any atom is 0.256 e. The smallest absolute Gasteiger partial charge is 0.256 e. The average molecular weight is 281 g/mol. The highest BCUT2D eigenvalue weighted by molar-refractivity contribution is 5.95. The van der Waals surface area contributed by atoms with Gasteiger partial charge in [-0.15, -0.1) is 0 Å². The van der Waals surface area contributed by atoms with Crippen molar-refractivity contribution in [1.29, 1.82) is 0 Å². The van der Waals surface area contributed by atoms with Gasteiger partial charge in [0.25, 0.3) is 5.91 Å². The fourth-order valence-corrected chi connectivity index (χ4v) is 3.00. The SMILES string of the molecule is Cc1ccc(C(=O)N2CCCC2c2cccnc2)c(C)n1. The normalized spacial score (nSPS) is 18.0. The highest BCUT2D eigenvalue weighted by atomic mass is 16.2. The van der Waals surface area contributed by atoms with Gasteiger partial charge in [0.2, 0.25) is 0 Å². The molecule has 0 radical (unpaired) electrons. The lowest BCUT2D eigenvalue weighted by molar-refractivity contribution is 0.0734. The Labute approximate surface area is 124 Å². The van der Waals surface area contributed by atoms with Crippen LogP contribution >= 0.6 is 0 Å². The van der Waals surface area contributed by atoms with Crippen LogP contribution in [0.5, 0.6) is 0 Å². The number of carbonyl (C=O) groups is 1. The molecule has 1 fully saturated rings. The molecule has 4 nitrogen and oxygen atoms in total. The van der Waals surface area contributed by atoms with Crippen LogP contribution in [0.4, 0.5) is 0 Å². The van der Waals surface area contributed by atoms with Gasteiger partial charge < -0.3 is 4.90 Å². The van der Waals surface area contributed by atoms with Crippen molar-refractivity contribution in [2.45, 2.75) is 32.7 Å². The van der Waals surface area contributed by atoms with Gasteiger partial charge in [0, 0.05) is 24.6 Å². The summed E-state index contributed by atoms with van der Waals surface area (Å²) in [5, 5.41) is 0. The highest BCUT2D eigenvalue weighted by Gasteiger charge is 2.31. The number of amides is 1. The molecule has 21 heavy (non-hydrogen) atoms. The molecule has 0 spiro atoms. The minimum Gasteiger partial charge on any atom is -0.331 e. The summed E-state index contributed by atoms with van der Waals surface area (Å²) in [4.78, 5) is 23.4. The van der Waals surface area contributed by atoms with Crippen molar-refractivity contribution >= 4 is 5.91 Å². The zero-order valence-corrected chi connectivity index (χ0v) is 12.4. The first-order valence-corrected chi connectivity index (χ1v) is 7.32. The quantitative estimate of drug-likeness (QED) is 0.850. The van der Waals surface area contributed by atoms with Gasteiger partial charge in [-0.2, -0.15) is 0 Å². The van der Waals surface area contributed by atoms with Gasteiger partial charge in [0.15, 0.2) is 0 Å². The molecule has 0 aliphatic carbocycles. The predicted octanol–water partition coefficient (Wildman–Crippen LogP) is 3.07. The zero-order chi connectivity index (χ0) is 14.8. The van der Waals surface area contributed by atoms with Gasteiger partial charge in [0.05, 0.1) is 17.3 Å². The van der Waals surface area contributed by atoms with E-state index in [4.69, 9.17) is 0 Å². The first-order chi connectivity index (χ1) is 10.2. The third-order valence-corrected chi connectivity index (χ3v) is 4.04. The van der Waals surface area contributed by atoms with E-state index in [0.717, 1.165) is 36.3 Å². The van der Waals surface area contributed by atoms with E-state index >= 15 is 0 Å². The Morgan fingerprint density at radius 2 is 2.14 bits per heavy atom. The Kier molecular flexibility index (Phi) is 3.69. The Morgan fingerprint density at radius 1 is 1.29 bits per heavy atom. The Hall–Kier alpha value is -2.23. The van der Waals surface area contributed by atoms with Gasteiger partial charge >= 0.3 is 0 Å². The predicted molar refractivity (Wildman–Crippen MR) is 81.0 cm³/mol. The largest absolute Gasteiger partial charge is 0.331 e. The standard InChI is InChI=1S/C17H19N3O/c1-12-7-8-15(13(2)19-12)17(21)20-10-4-6-16(20)14-5-3-9-18-11-14/h3,5,7-9,11,16H,4,6,10H2,1-2H3. The van der Waals surface area contributed by atoms with Crippen LogP contribution in [0, 0.1) is 13.8 Å². The Bertz CT molecular complexity index is 654. The molecule has 0 bridgehead atoms.